The predicted octanol–water partition coefficient (Wildman–Crippen LogP) is 0.320. The molecule has 0 radical (unpaired) electrons. The van der Waals surface area contributed by atoms with Crippen LogP contribution in [-0.4, -0.2) is 44.4 Å². The summed E-state index contributed by atoms with van der Waals surface area (Å²) in [5, 5.41) is 3.36. The molecule has 3 N–H and O–H groups in total. The van der Waals surface area contributed by atoms with Crippen molar-refractivity contribution in [2.24, 2.45) is 5.73 Å². The maximum Gasteiger partial charge on any atom is 0.231 e. The van der Waals surface area contributed by atoms with Crippen molar-refractivity contribution in [3.63, 3.8) is 0 Å². The number of hydrogen-bond donors (Lipinski definition) is 2. The van der Waals surface area contributed by atoms with Crippen molar-refractivity contribution in [2.75, 3.05) is 39.5 Å². The van der Waals surface area contributed by atoms with Gasteiger partial charge in [-0.1, -0.05) is 6.07 Å². The van der Waals surface area contributed by atoms with Gasteiger partial charge in [-0.05, 0) is 17.7 Å². The third-order valence-corrected chi connectivity index (χ3v) is 3.60. The van der Waals surface area contributed by atoms with Crippen molar-refractivity contribution in [1.29, 1.82) is 0 Å². The van der Waals surface area contributed by atoms with Crippen LogP contribution in [0.4, 0.5) is 0 Å². The van der Waals surface area contributed by atoms with Crippen molar-refractivity contribution in [3.8, 4) is 11.5 Å². The van der Waals surface area contributed by atoms with Gasteiger partial charge in [0.15, 0.2) is 11.5 Å². The minimum absolute atomic E-state index is 0.265. The molecule has 0 amide bonds. The van der Waals surface area contributed by atoms with Crippen molar-refractivity contribution in [2.45, 2.75) is 6.04 Å². The van der Waals surface area contributed by atoms with E-state index in [1.807, 2.05) is 6.07 Å². The lowest BCUT2D eigenvalue weighted by Gasteiger charge is -2.34. The Morgan fingerprint density at radius 2 is 2.00 bits per heavy atom. The van der Waals surface area contributed by atoms with Crippen LogP contribution < -0.4 is 20.5 Å². The molecule has 5 nitrogen and oxygen atoms in total. The highest BCUT2D eigenvalue weighted by molar-refractivity contribution is 5.45. The van der Waals surface area contributed by atoms with Gasteiger partial charge in [-0.15, -0.1) is 0 Å². The minimum atomic E-state index is 0.265. The fourth-order valence-electron chi connectivity index (χ4n) is 2.61. The van der Waals surface area contributed by atoms with Gasteiger partial charge in [-0.2, -0.15) is 0 Å². The molecule has 1 aromatic rings. The van der Waals surface area contributed by atoms with E-state index in [1.54, 1.807) is 0 Å². The molecule has 2 aliphatic rings. The quantitative estimate of drug-likeness (QED) is 0.808. The highest BCUT2D eigenvalue weighted by Crippen LogP contribution is 2.35. The van der Waals surface area contributed by atoms with Crippen LogP contribution in [0.25, 0.3) is 0 Å². The smallest absolute Gasteiger partial charge is 0.231 e. The molecule has 1 atom stereocenters. The lowest BCUT2D eigenvalue weighted by Crippen LogP contribution is -2.46. The van der Waals surface area contributed by atoms with Gasteiger partial charge in [-0.25, -0.2) is 0 Å². The zero-order valence-electron chi connectivity index (χ0n) is 10.4. The number of ether oxygens (including phenoxy) is 2. The van der Waals surface area contributed by atoms with E-state index in [0.29, 0.717) is 13.3 Å². The zero-order valence-corrected chi connectivity index (χ0v) is 10.4. The van der Waals surface area contributed by atoms with Crippen LogP contribution in [0.5, 0.6) is 11.5 Å². The Morgan fingerprint density at radius 1 is 1.22 bits per heavy atom. The number of nitrogens with zero attached hydrogens (tertiary/aromatic N) is 1. The number of nitrogens with one attached hydrogen (secondary N) is 1. The van der Waals surface area contributed by atoms with Crippen LogP contribution in [0.15, 0.2) is 18.2 Å². The number of rotatable bonds is 3. The van der Waals surface area contributed by atoms with Crippen LogP contribution in [-0.2, 0) is 0 Å². The topological polar surface area (TPSA) is 59.8 Å². The molecule has 0 aliphatic carbocycles. The van der Waals surface area contributed by atoms with E-state index < -0.39 is 0 Å². The minimum Gasteiger partial charge on any atom is -0.454 e. The third kappa shape index (κ3) is 2.16. The van der Waals surface area contributed by atoms with Gasteiger partial charge in [0.25, 0.3) is 0 Å². The van der Waals surface area contributed by atoms with E-state index in [-0.39, 0.29) is 6.04 Å². The first-order chi connectivity index (χ1) is 8.88. The predicted molar refractivity (Wildman–Crippen MR) is 68.8 cm³/mol. The molecule has 3 rings (SSSR count). The molecule has 2 aliphatic heterocycles. The van der Waals surface area contributed by atoms with Crippen LogP contribution >= 0.6 is 0 Å². The van der Waals surface area contributed by atoms with Gasteiger partial charge in [0.2, 0.25) is 6.79 Å². The van der Waals surface area contributed by atoms with Gasteiger partial charge in [0.1, 0.15) is 0 Å². The van der Waals surface area contributed by atoms with Crippen LogP contribution in [0.1, 0.15) is 11.6 Å². The molecule has 5 heteroatoms. The molecule has 0 spiro atoms. The molecule has 1 fully saturated rings. The summed E-state index contributed by atoms with van der Waals surface area (Å²) in [7, 11) is 0. The van der Waals surface area contributed by atoms with Crippen LogP contribution in [0, 0.1) is 0 Å². The second-order valence-electron chi connectivity index (χ2n) is 4.65. The molecule has 0 saturated carbocycles. The maximum atomic E-state index is 5.95. The fraction of sp³-hybridized carbons (Fsp3) is 0.538. The largest absolute Gasteiger partial charge is 0.454 e. The first kappa shape index (κ1) is 11.8. The van der Waals surface area contributed by atoms with Gasteiger partial charge in [0.05, 0.1) is 0 Å². The average molecular weight is 249 g/mol. The molecule has 2 heterocycles. The van der Waals surface area contributed by atoms with E-state index in [0.717, 1.165) is 37.7 Å². The summed E-state index contributed by atoms with van der Waals surface area (Å²) in [6, 6.07) is 6.39. The first-order valence-electron chi connectivity index (χ1n) is 6.43. The fourth-order valence-corrected chi connectivity index (χ4v) is 2.61. The lowest BCUT2D eigenvalue weighted by atomic mass is 10.0. The van der Waals surface area contributed by atoms with Crippen LogP contribution in [0.2, 0.25) is 0 Å². The SMILES string of the molecule is NCC(c1ccc2c(c1)OCO2)N1CCNCC1. The molecule has 18 heavy (non-hydrogen) atoms. The van der Waals surface area contributed by atoms with Gasteiger partial charge in [0, 0.05) is 38.8 Å². The second-order valence-corrected chi connectivity index (χ2v) is 4.65. The normalized spacial score (nSPS) is 20.9. The third-order valence-electron chi connectivity index (χ3n) is 3.60. The second kappa shape index (κ2) is 5.14. The average Bonchev–Trinajstić information content (AvgIpc) is 2.88. The molecule has 98 valence electrons. The summed E-state index contributed by atoms with van der Waals surface area (Å²) in [6.07, 6.45) is 0. The highest BCUT2D eigenvalue weighted by Gasteiger charge is 2.23. The highest BCUT2D eigenvalue weighted by atomic mass is 16.7. The number of piperazine rings is 1. The van der Waals surface area contributed by atoms with Crippen molar-refractivity contribution >= 4 is 0 Å². The molecule has 0 bridgehead atoms. The summed E-state index contributed by atoms with van der Waals surface area (Å²) < 4.78 is 10.8. The van der Waals surface area contributed by atoms with E-state index >= 15 is 0 Å². The summed E-state index contributed by atoms with van der Waals surface area (Å²) in [5.41, 5.74) is 7.16. The number of nitrogens with two attached hydrogens (primary N) is 1. The van der Waals surface area contributed by atoms with Crippen LogP contribution in [0.3, 0.4) is 0 Å². The van der Waals surface area contributed by atoms with E-state index in [1.165, 1.54) is 5.56 Å². The first-order valence-corrected chi connectivity index (χ1v) is 6.43. The number of fused-ring (bicyclic) bond motifs is 1. The molecular weight excluding hydrogens is 230 g/mol. The molecule has 1 saturated heterocycles. The van der Waals surface area contributed by atoms with E-state index in [2.05, 4.69) is 22.3 Å². The van der Waals surface area contributed by atoms with Gasteiger partial charge in [-0.3, -0.25) is 4.90 Å². The summed E-state index contributed by atoms with van der Waals surface area (Å²) in [4.78, 5) is 2.42. The monoisotopic (exact) mass is 249 g/mol. The Morgan fingerprint density at radius 3 is 2.78 bits per heavy atom. The maximum absolute atomic E-state index is 5.95. The van der Waals surface area contributed by atoms with E-state index in [4.69, 9.17) is 15.2 Å². The van der Waals surface area contributed by atoms with Crippen molar-refractivity contribution in [1.82, 2.24) is 10.2 Å². The summed E-state index contributed by atoms with van der Waals surface area (Å²) >= 11 is 0. The molecular formula is C13H19N3O2. The number of benzene rings is 1. The van der Waals surface area contributed by atoms with Gasteiger partial charge < -0.3 is 20.5 Å². The van der Waals surface area contributed by atoms with Crippen molar-refractivity contribution < 1.29 is 9.47 Å². The summed E-state index contributed by atoms with van der Waals surface area (Å²) in [6.45, 7) is 5.08. The standard InChI is InChI=1S/C13H19N3O2/c14-8-11(16-5-3-15-4-6-16)10-1-2-12-13(7-10)18-9-17-12/h1-2,7,11,15H,3-6,8-9,14H2. The molecule has 1 unspecified atom stereocenters. The van der Waals surface area contributed by atoms with E-state index in [9.17, 15) is 0 Å². The Hall–Kier alpha value is -1.30. The Balaban J connectivity index is 1.82. The number of hydrogen-bond acceptors (Lipinski definition) is 5. The Labute approximate surface area is 107 Å². The molecule has 1 aromatic carbocycles. The molecule has 0 aromatic heterocycles. The lowest BCUT2D eigenvalue weighted by molar-refractivity contribution is 0.172. The van der Waals surface area contributed by atoms with Crippen molar-refractivity contribution in [3.05, 3.63) is 23.8 Å². The zero-order chi connectivity index (χ0) is 12.4. The Kier molecular flexibility index (Phi) is 3.36. The Bertz CT molecular complexity index is 419. The summed E-state index contributed by atoms with van der Waals surface area (Å²) in [5.74, 6) is 1.66. The van der Waals surface area contributed by atoms with Gasteiger partial charge >= 0.3 is 0 Å².